The van der Waals surface area contributed by atoms with Gasteiger partial charge in [-0.2, -0.15) is 5.10 Å². The van der Waals surface area contributed by atoms with E-state index >= 15 is 0 Å². The first-order valence-corrected chi connectivity index (χ1v) is 8.65. The lowest BCUT2D eigenvalue weighted by Crippen LogP contribution is -2.35. The fraction of sp³-hybridized carbons (Fsp3) is 0.500. The van der Waals surface area contributed by atoms with Gasteiger partial charge in [-0.25, -0.2) is 9.67 Å². The lowest BCUT2D eigenvalue weighted by molar-refractivity contribution is -0.122. The molecule has 6 nitrogen and oxygen atoms in total. The number of hydrogen-bond donors (Lipinski definition) is 2. The second kappa shape index (κ2) is 9.53. The maximum atomic E-state index is 12.3. The second-order valence-corrected chi connectivity index (χ2v) is 6.50. The number of halogens is 1. The van der Waals surface area contributed by atoms with Gasteiger partial charge in [0.1, 0.15) is 0 Å². The summed E-state index contributed by atoms with van der Waals surface area (Å²) in [5, 5.41) is 10.7. The average Bonchev–Trinajstić information content (AvgIpc) is 3.15. The van der Waals surface area contributed by atoms with Crippen molar-refractivity contribution >= 4 is 18.3 Å². The number of aromatic nitrogens is 3. The first-order valence-electron chi connectivity index (χ1n) is 8.65. The minimum absolute atomic E-state index is 0. The van der Waals surface area contributed by atoms with Gasteiger partial charge in [0.25, 0.3) is 0 Å². The first kappa shape index (κ1) is 19.4. The van der Waals surface area contributed by atoms with Crippen LogP contribution in [0.1, 0.15) is 31.7 Å². The Hall–Kier alpha value is -1.92. The van der Waals surface area contributed by atoms with E-state index in [9.17, 15) is 4.79 Å². The smallest absolute Gasteiger partial charge is 0.220 e. The molecule has 136 valence electrons. The minimum atomic E-state index is 0. The third kappa shape index (κ3) is 5.28. The molecule has 2 unspecified atom stereocenters. The minimum Gasteiger partial charge on any atom is -0.352 e. The van der Waals surface area contributed by atoms with E-state index in [2.05, 4.69) is 27.6 Å². The van der Waals surface area contributed by atoms with E-state index in [1.165, 1.54) is 12.8 Å². The standard InChI is InChI=1S/C18H25N5O.ClH/c1-14(15-5-2-7-19-12-15)11-17(24)21-13-16-6-3-8-20-18(16)23-10-4-9-22-23;/h3-4,6,8-10,14-15,19H,2,5,7,11-13H2,1H3,(H,21,24);1H. The molecule has 2 N–H and O–H groups in total. The Morgan fingerprint density at radius 2 is 2.32 bits per heavy atom. The van der Waals surface area contributed by atoms with Gasteiger partial charge in [0.2, 0.25) is 5.91 Å². The van der Waals surface area contributed by atoms with Gasteiger partial charge < -0.3 is 10.6 Å². The number of amides is 1. The van der Waals surface area contributed by atoms with Crippen molar-refractivity contribution in [2.75, 3.05) is 13.1 Å². The molecule has 1 saturated heterocycles. The van der Waals surface area contributed by atoms with Crippen LogP contribution in [0.2, 0.25) is 0 Å². The predicted molar refractivity (Wildman–Crippen MR) is 99.8 cm³/mol. The van der Waals surface area contributed by atoms with Gasteiger partial charge in [-0.15, -0.1) is 12.4 Å². The number of carbonyl (C=O) groups is 1. The van der Waals surface area contributed by atoms with Gasteiger partial charge >= 0.3 is 0 Å². The Morgan fingerprint density at radius 3 is 3.04 bits per heavy atom. The van der Waals surface area contributed by atoms with Crippen molar-refractivity contribution in [3.63, 3.8) is 0 Å². The van der Waals surface area contributed by atoms with Crippen molar-refractivity contribution in [3.8, 4) is 5.82 Å². The zero-order valence-electron chi connectivity index (χ0n) is 14.5. The number of carbonyl (C=O) groups excluding carboxylic acids is 1. The third-order valence-electron chi connectivity index (χ3n) is 4.71. The van der Waals surface area contributed by atoms with Crippen molar-refractivity contribution in [1.82, 2.24) is 25.4 Å². The van der Waals surface area contributed by atoms with E-state index < -0.39 is 0 Å². The molecule has 0 radical (unpaired) electrons. The SMILES string of the molecule is CC(CC(=O)NCc1cccnc1-n1cccn1)C1CCCNC1.Cl. The number of pyridine rings is 1. The summed E-state index contributed by atoms with van der Waals surface area (Å²) in [5.74, 6) is 1.86. The summed E-state index contributed by atoms with van der Waals surface area (Å²) in [4.78, 5) is 16.7. The van der Waals surface area contributed by atoms with Crippen LogP contribution in [-0.4, -0.2) is 33.8 Å². The van der Waals surface area contributed by atoms with Gasteiger partial charge in [0.05, 0.1) is 0 Å². The molecule has 1 aliphatic rings. The number of nitrogens with zero attached hydrogens (tertiary/aromatic N) is 3. The fourth-order valence-corrected chi connectivity index (χ4v) is 3.26. The van der Waals surface area contributed by atoms with E-state index in [1.807, 2.05) is 24.4 Å². The maximum absolute atomic E-state index is 12.3. The Balaban J connectivity index is 0.00000225. The quantitative estimate of drug-likeness (QED) is 0.826. The molecule has 1 aliphatic heterocycles. The van der Waals surface area contributed by atoms with Crippen LogP contribution in [0.5, 0.6) is 0 Å². The molecule has 0 bridgehead atoms. The molecule has 0 spiro atoms. The summed E-state index contributed by atoms with van der Waals surface area (Å²) in [6.07, 6.45) is 8.31. The Morgan fingerprint density at radius 1 is 1.44 bits per heavy atom. The van der Waals surface area contributed by atoms with Crippen LogP contribution in [0.15, 0.2) is 36.8 Å². The molecular weight excluding hydrogens is 338 g/mol. The summed E-state index contributed by atoms with van der Waals surface area (Å²) in [6, 6.07) is 5.71. The molecule has 25 heavy (non-hydrogen) atoms. The number of piperidine rings is 1. The van der Waals surface area contributed by atoms with Gasteiger partial charge in [-0.05, 0) is 49.9 Å². The van der Waals surface area contributed by atoms with Crippen LogP contribution in [0.4, 0.5) is 0 Å². The van der Waals surface area contributed by atoms with Crippen molar-refractivity contribution in [3.05, 3.63) is 42.4 Å². The van der Waals surface area contributed by atoms with E-state index in [-0.39, 0.29) is 18.3 Å². The van der Waals surface area contributed by atoms with Crippen LogP contribution in [0.3, 0.4) is 0 Å². The normalized spacial score (nSPS) is 18.2. The summed E-state index contributed by atoms with van der Waals surface area (Å²) >= 11 is 0. The highest BCUT2D eigenvalue weighted by molar-refractivity contribution is 5.85. The van der Waals surface area contributed by atoms with Gasteiger partial charge in [0, 0.05) is 37.1 Å². The molecule has 2 atom stereocenters. The topological polar surface area (TPSA) is 71.8 Å². The molecular formula is C18H26ClN5O. The predicted octanol–water partition coefficient (Wildman–Crippen LogP) is 2.33. The van der Waals surface area contributed by atoms with Crippen molar-refractivity contribution < 1.29 is 4.79 Å². The fourth-order valence-electron chi connectivity index (χ4n) is 3.26. The van der Waals surface area contributed by atoms with Crippen molar-refractivity contribution in [2.45, 2.75) is 32.7 Å². The Labute approximate surface area is 154 Å². The first-order chi connectivity index (χ1) is 11.7. The third-order valence-corrected chi connectivity index (χ3v) is 4.71. The van der Waals surface area contributed by atoms with Crippen LogP contribution < -0.4 is 10.6 Å². The zero-order chi connectivity index (χ0) is 16.8. The lowest BCUT2D eigenvalue weighted by Gasteiger charge is -2.28. The highest BCUT2D eigenvalue weighted by Crippen LogP contribution is 2.22. The summed E-state index contributed by atoms with van der Waals surface area (Å²) in [5.41, 5.74) is 0.960. The summed E-state index contributed by atoms with van der Waals surface area (Å²) in [7, 11) is 0. The molecule has 2 aromatic heterocycles. The molecule has 0 saturated carbocycles. The number of hydrogen-bond acceptors (Lipinski definition) is 4. The average molecular weight is 364 g/mol. The van der Waals surface area contributed by atoms with Crippen LogP contribution in [0, 0.1) is 11.8 Å². The summed E-state index contributed by atoms with van der Waals surface area (Å²) < 4.78 is 1.72. The van der Waals surface area contributed by atoms with E-state index in [4.69, 9.17) is 0 Å². The van der Waals surface area contributed by atoms with Gasteiger partial charge in [-0.1, -0.05) is 13.0 Å². The second-order valence-electron chi connectivity index (χ2n) is 6.50. The van der Waals surface area contributed by atoms with Crippen molar-refractivity contribution in [2.24, 2.45) is 11.8 Å². The number of rotatable bonds is 6. The largest absolute Gasteiger partial charge is 0.352 e. The highest BCUT2D eigenvalue weighted by atomic mass is 35.5. The van der Waals surface area contributed by atoms with Gasteiger partial charge in [0.15, 0.2) is 5.82 Å². The monoisotopic (exact) mass is 363 g/mol. The van der Waals surface area contributed by atoms with Crippen LogP contribution in [-0.2, 0) is 11.3 Å². The Bertz CT molecular complexity index is 655. The maximum Gasteiger partial charge on any atom is 0.220 e. The molecule has 7 heteroatoms. The summed E-state index contributed by atoms with van der Waals surface area (Å²) in [6.45, 7) is 4.78. The van der Waals surface area contributed by atoms with E-state index in [0.717, 1.165) is 24.5 Å². The molecule has 3 heterocycles. The Kier molecular flexibility index (Phi) is 7.40. The van der Waals surface area contributed by atoms with Crippen LogP contribution >= 0.6 is 12.4 Å². The molecule has 0 aromatic carbocycles. The molecule has 3 rings (SSSR count). The number of nitrogens with one attached hydrogen (secondary N) is 2. The van der Waals surface area contributed by atoms with Gasteiger partial charge in [-0.3, -0.25) is 4.79 Å². The lowest BCUT2D eigenvalue weighted by atomic mass is 9.85. The van der Waals surface area contributed by atoms with E-state index in [1.54, 1.807) is 17.1 Å². The van der Waals surface area contributed by atoms with Crippen molar-refractivity contribution in [1.29, 1.82) is 0 Å². The molecule has 1 fully saturated rings. The van der Waals surface area contributed by atoms with E-state index in [0.29, 0.717) is 24.8 Å². The molecule has 1 amide bonds. The highest BCUT2D eigenvalue weighted by Gasteiger charge is 2.22. The van der Waals surface area contributed by atoms with Crippen LogP contribution in [0.25, 0.3) is 5.82 Å². The zero-order valence-corrected chi connectivity index (χ0v) is 15.3. The molecule has 0 aliphatic carbocycles. The molecule has 2 aromatic rings.